The van der Waals surface area contributed by atoms with E-state index in [4.69, 9.17) is 5.73 Å². The molecule has 1 unspecified atom stereocenters. The van der Waals surface area contributed by atoms with Gasteiger partial charge in [-0.25, -0.2) is 12.7 Å². The molecule has 0 aliphatic carbocycles. The van der Waals surface area contributed by atoms with Crippen LogP contribution in [-0.4, -0.2) is 37.6 Å². The molecular formula is C10H22N2O2S. The molecule has 0 amide bonds. The highest BCUT2D eigenvalue weighted by Crippen LogP contribution is 2.21. The molecule has 0 aromatic carbocycles. The Hall–Kier alpha value is -0.130. The maximum absolute atomic E-state index is 11.8. The largest absolute Gasteiger partial charge is 0.328 e. The van der Waals surface area contributed by atoms with E-state index in [-0.39, 0.29) is 11.8 Å². The number of hydrogen-bond donors (Lipinski definition) is 1. The van der Waals surface area contributed by atoms with E-state index in [0.29, 0.717) is 25.4 Å². The molecule has 1 aliphatic rings. The molecule has 1 saturated heterocycles. The minimum Gasteiger partial charge on any atom is -0.328 e. The fourth-order valence-corrected chi connectivity index (χ4v) is 3.61. The van der Waals surface area contributed by atoms with Crippen molar-refractivity contribution in [2.24, 2.45) is 11.7 Å². The first-order valence-electron chi connectivity index (χ1n) is 5.70. The molecule has 1 fully saturated rings. The van der Waals surface area contributed by atoms with Crippen LogP contribution >= 0.6 is 0 Å². The number of rotatable bonds is 4. The Bertz CT molecular complexity index is 280. The highest BCUT2D eigenvalue weighted by atomic mass is 32.2. The summed E-state index contributed by atoms with van der Waals surface area (Å²) in [6, 6.07) is 0.182. The van der Waals surface area contributed by atoms with Crippen molar-refractivity contribution >= 4 is 10.0 Å². The molecule has 0 saturated carbocycles. The summed E-state index contributed by atoms with van der Waals surface area (Å²) < 4.78 is 25.1. The van der Waals surface area contributed by atoms with Crippen molar-refractivity contribution in [3.63, 3.8) is 0 Å². The van der Waals surface area contributed by atoms with Gasteiger partial charge in [0.05, 0.1) is 5.75 Å². The predicted octanol–water partition coefficient (Wildman–Crippen LogP) is 0.785. The van der Waals surface area contributed by atoms with Crippen LogP contribution in [0.2, 0.25) is 0 Å². The van der Waals surface area contributed by atoms with Crippen LogP contribution in [0, 0.1) is 5.92 Å². The minimum absolute atomic E-state index is 0.182. The highest BCUT2D eigenvalue weighted by molar-refractivity contribution is 7.89. The lowest BCUT2D eigenvalue weighted by Crippen LogP contribution is -2.43. The average molecular weight is 234 g/mol. The van der Waals surface area contributed by atoms with Crippen LogP contribution in [0.4, 0.5) is 0 Å². The molecule has 1 aliphatic heterocycles. The molecule has 1 heterocycles. The quantitative estimate of drug-likeness (QED) is 0.782. The van der Waals surface area contributed by atoms with E-state index in [1.54, 1.807) is 4.31 Å². The van der Waals surface area contributed by atoms with E-state index in [2.05, 4.69) is 0 Å². The molecule has 1 rings (SSSR count). The normalized spacial score (nSPS) is 22.9. The summed E-state index contributed by atoms with van der Waals surface area (Å²) in [6.07, 6.45) is 2.50. The Morgan fingerprint density at radius 3 is 2.33 bits per heavy atom. The van der Waals surface area contributed by atoms with Crippen LogP contribution in [-0.2, 0) is 10.0 Å². The summed E-state index contributed by atoms with van der Waals surface area (Å²) in [5.41, 5.74) is 5.81. The third-order valence-corrected chi connectivity index (χ3v) is 5.17. The Kier molecular flexibility index (Phi) is 4.55. The van der Waals surface area contributed by atoms with E-state index in [0.717, 1.165) is 12.8 Å². The van der Waals surface area contributed by atoms with Crippen LogP contribution in [0.3, 0.4) is 0 Å². The van der Waals surface area contributed by atoms with Crippen LogP contribution in [0.15, 0.2) is 0 Å². The van der Waals surface area contributed by atoms with Gasteiger partial charge in [0, 0.05) is 19.1 Å². The van der Waals surface area contributed by atoms with Gasteiger partial charge in [0.25, 0.3) is 0 Å². The summed E-state index contributed by atoms with van der Waals surface area (Å²) in [5.74, 6) is 0.758. The Morgan fingerprint density at radius 2 is 1.93 bits per heavy atom. The minimum atomic E-state index is -2.99. The number of sulfonamides is 1. The fraction of sp³-hybridized carbons (Fsp3) is 1.00. The third-order valence-electron chi connectivity index (χ3n) is 3.10. The fourth-order valence-electron chi connectivity index (χ4n) is 2.07. The molecule has 5 heteroatoms. The zero-order valence-electron chi connectivity index (χ0n) is 9.65. The van der Waals surface area contributed by atoms with E-state index in [9.17, 15) is 8.42 Å². The lowest BCUT2D eigenvalue weighted by molar-refractivity contribution is 0.250. The summed E-state index contributed by atoms with van der Waals surface area (Å²) in [7, 11) is -2.99. The van der Waals surface area contributed by atoms with Crippen molar-refractivity contribution in [3.8, 4) is 0 Å². The number of hydrogen-bond acceptors (Lipinski definition) is 3. The van der Waals surface area contributed by atoms with E-state index in [1.165, 1.54) is 0 Å². The van der Waals surface area contributed by atoms with Crippen LogP contribution in [0.5, 0.6) is 0 Å². The molecule has 2 N–H and O–H groups in total. The molecular weight excluding hydrogens is 212 g/mol. The van der Waals surface area contributed by atoms with E-state index in [1.807, 2.05) is 13.8 Å². The van der Waals surface area contributed by atoms with Gasteiger partial charge in [-0.2, -0.15) is 0 Å². The van der Waals surface area contributed by atoms with Gasteiger partial charge in [-0.1, -0.05) is 6.92 Å². The molecule has 0 radical (unpaired) electrons. The first kappa shape index (κ1) is 12.9. The second-order valence-electron chi connectivity index (χ2n) is 4.41. The maximum atomic E-state index is 11.8. The van der Waals surface area contributed by atoms with Gasteiger partial charge in [0.2, 0.25) is 10.0 Å². The molecule has 0 aromatic rings. The molecule has 0 bridgehead atoms. The van der Waals surface area contributed by atoms with Crippen molar-refractivity contribution in [2.75, 3.05) is 18.8 Å². The van der Waals surface area contributed by atoms with E-state index >= 15 is 0 Å². The van der Waals surface area contributed by atoms with Gasteiger partial charge in [-0.15, -0.1) is 0 Å². The smallest absolute Gasteiger partial charge is 0.214 e. The number of nitrogens with zero attached hydrogens (tertiary/aromatic N) is 1. The third kappa shape index (κ3) is 3.43. The summed E-state index contributed by atoms with van der Waals surface area (Å²) >= 11 is 0. The molecule has 0 spiro atoms. The van der Waals surface area contributed by atoms with Crippen molar-refractivity contribution in [2.45, 2.75) is 39.2 Å². The van der Waals surface area contributed by atoms with Crippen LogP contribution < -0.4 is 5.73 Å². The monoisotopic (exact) mass is 234 g/mol. The van der Waals surface area contributed by atoms with Gasteiger partial charge in [0.15, 0.2) is 0 Å². The van der Waals surface area contributed by atoms with Gasteiger partial charge in [0.1, 0.15) is 0 Å². The SMILES string of the molecule is CCCS(=O)(=O)N1CCC(C(C)N)CC1. The second kappa shape index (κ2) is 5.27. The summed E-state index contributed by atoms with van der Waals surface area (Å²) in [4.78, 5) is 0. The first-order valence-corrected chi connectivity index (χ1v) is 7.31. The molecule has 0 aromatic heterocycles. The molecule has 90 valence electrons. The zero-order chi connectivity index (χ0) is 11.5. The van der Waals surface area contributed by atoms with Crippen molar-refractivity contribution < 1.29 is 8.42 Å². The van der Waals surface area contributed by atoms with Crippen molar-refractivity contribution in [3.05, 3.63) is 0 Å². The number of piperidine rings is 1. The second-order valence-corrected chi connectivity index (χ2v) is 6.50. The maximum Gasteiger partial charge on any atom is 0.214 e. The van der Waals surface area contributed by atoms with Gasteiger partial charge in [-0.05, 0) is 32.1 Å². The Morgan fingerprint density at radius 1 is 1.40 bits per heavy atom. The van der Waals surface area contributed by atoms with Crippen molar-refractivity contribution in [1.29, 1.82) is 0 Å². The highest BCUT2D eigenvalue weighted by Gasteiger charge is 2.28. The zero-order valence-corrected chi connectivity index (χ0v) is 10.5. The van der Waals surface area contributed by atoms with Crippen molar-refractivity contribution in [1.82, 2.24) is 4.31 Å². The van der Waals surface area contributed by atoms with Gasteiger partial charge >= 0.3 is 0 Å². The number of nitrogens with two attached hydrogens (primary N) is 1. The van der Waals surface area contributed by atoms with Gasteiger partial charge in [-0.3, -0.25) is 0 Å². The van der Waals surface area contributed by atoms with Crippen LogP contribution in [0.25, 0.3) is 0 Å². The lowest BCUT2D eigenvalue weighted by atomic mass is 9.92. The molecule has 1 atom stereocenters. The lowest BCUT2D eigenvalue weighted by Gasteiger charge is -2.32. The standard InChI is InChI=1S/C10H22N2O2S/c1-3-8-15(13,14)12-6-4-10(5-7-12)9(2)11/h9-10H,3-8,11H2,1-2H3. The van der Waals surface area contributed by atoms with Gasteiger partial charge < -0.3 is 5.73 Å². The Balaban J connectivity index is 2.50. The first-order chi connectivity index (χ1) is 6.97. The van der Waals surface area contributed by atoms with Crippen LogP contribution in [0.1, 0.15) is 33.1 Å². The average Bonchev–Trinajstić information content (AvgIpc) is 2.18. The topological polar surface area (TPSA) is 63.4 Å². The molecule has 4 nitrogen and oxygen atoms in total. The van der Waals surface area contributed by atoms with E-state index < -0.39 is 10.0 Å². The predicted molar refractivity (Wildman–Crippen MR) is 62.0 cm³/mol. The molecule has 15 heavy (non-hydrogen) atoms. The summed E-state index contributed by atoms with van der Waals surface area (Å²) in [6.45, 7) is 5.19. The Labute approximate surface area is 92.9 Å². The summed E-state index contributed by atoms with van der Waals surface area (Å²) in [5, 5.41) is 0.